The maximum absolute atomic E-state index is 12.3. The molecule has 8 nitrogen and oxygen atoms in total. The van der Waals surface area contributed by atoms with Crippen molar-refractivity contribution >= 4 is 17.8 Å². The van der Waals surface area contributed by atoms with Crippen LogP contribution in [0.15, 0.2) is 36.4 Å². The summed E-state index contributed by atoms with van der Waals surface area (Å²) >= 11 is 0. The molecule has 0 unspecified atom stereocenters. The minimum absolute atomic E-state index is 0.173. The first kappa shape index (κ1) is 19.6. The first-order chi connectivity index (χ1) is 13.6. The van der Waals surface area contributed by atoms with Gasteiger partial charge in [0.1, 0.15) is 5.69 Å². The van der Waals surface area contributed by atoms with E-state index in [2.05, 4.69) is 10.2 Å². The Labute approximate surface area is 162 Å². The number of ether oxygens (including phenoxy) is 2. The molecule has 148 valence electrons. The number of piperidine rings is 1. The van der Waals surface area contributed by atoms with Gasteiger partial charge in [-0.25, -0.2) is 4.79 Å². The second-order valence-electron chi connectivity index (χ2n) is 6.52. The van der Waals surface area contributed by atoms with Crippen molar-refractivity contribution in [2.45, 2.75) is 19.8 Å². The molecule has 1 fully saturated rings. The summed E-state index contributed by atoms with van der Waals surface area (Å²) < 4.78 is 10.1. The molecule has 1 amide bonds. The average Bonchev–Trinajstić information content (AvgIpc) is 3.23. The molecule has 2 aromatic rings. The third kappa shape index (κ3) is 4.76. The lowest BCUT2D eigenvalue weighted by atomic mass is 9.97. The van der Waals surface area contributed by atoms with Gasteiger partial charge >= 0.3 is 11.9 Å². The van der Waals surface area contributed by atoms with Gasteiger partial charge in [-0.1, -0.05) is 30.3 Å². The molecule has 0 bridgehead atoms. The van der Waals surface area contributed by atoms with Gasteiger partial charge in [-0.05, 0) is 25.8 Å². The molecule has 0 radical (unpaired) electrons. The molecule has 2 heterocycles. The second-order valence-corrected chi connectivity index (χ2v) is 6.52. The number of benzene rings is 1. The van der Waals surface area contributed by atoms with Crippen molar-refractivity contribution in [2.24, 2.45) is 5.92 Å². The summed E-state index contributed by atoms with van der Waals surface area (Å²) in [5, 5.41) is 6.74. The molecule has 0 aliphatic carbocycles. The predicted molar refractivity (Wildman–Crippen MR) is 100 cm³/mol. The fraction of sp³-hybridized carbons (Fsp3) is 0.400. The molecular weight excluding hydrogens is 362 g/mol. The van der Waals surface area contributed by atoms with Gasteiger partial charge in [0.25, 0.3) is 5.91 Å². The van der Waals surface area contributed by atoms with Crippen LogP contribution in [0.1, 0.15) is 30.3 Å². The Bertz CT molecular complexity index is 825. The zero-order valence-electron chi connectivity index (χ0n) is 15.7. The molecule has 1 saturated heterocycles. The molecule has 0 spiro atoms. The molecule has 1 aromatic carbocycles. The first-order valence-corrected chi connectivity index (χ1v) is 9.31. The van der Waals surface area contributed by atoms with E-state index in [-0.39, 0.29) is 30.1 Å². The second kappa shape index (κ2) is 9.16. The molecule has 1 N–H and O–H groups in total. The van der Waals surface area contributed by atoms with Gasteiger partial charge in [0.05, 0.1) is 18.2 Å². The van der Waals surface area contributed by atoms with E-state index in [0.29, 0.717) is 38.2 Å². The van der Waals surface area contributed by atoms with Gasteiger partial charge in [0, 0.05) is 18.7 Å². The van der Waals surface area contributed by atoms with Crippen LogP contribution in [0.5, 0.6) is 0 Å². The van der Waals surface area contributed by atoms with Gasteiger partial charge in [0.15, 0.2) is 6.61 Å². The monoisotopic (exact) mass is 385 g/mol. The van der Waals surface area contributed by atoms with Crippen LogP contribution in [-0.2, 0) is 19.1 Å². The highest BCUT2D eigenvalue weighted by molar-refractivity contribution is 5.90. The smallest absolute Gasteiger partial charge is 0.356 e. The molecule has 3 rings (SSSR count). The van der Waals surface area contributed by atoms with Crippen molar-refractivity contribution in [1.82, 2.24) is 15.1 Å². The van der Waals surface area contributed by atoms with Gasteiger partial charge < -0.3 is 14.4 Å². The number of nitrogens with one attached hydrogen (secondary N) is 1. The minimum Gasteiger partial charge on any atom is -0.466 e. The number of likely N-dealkylation sites (tertiary alicyclic amines) is 1. The molecule has 0 atom stereocenters. The fourth-order valence-electron chi connectivity index (χ4n) is 3.10. The van der Waals surface area contributed by atoms with Crippen LogP contribution in [0.4, 0.5) is 0 Å². The highest BCUT2D eigenvalue weighted by Crippen LogP contribution is 2.19. The molecule has 1 aliphatic heterocycles. The lowest BCUT2D eigenvalue weighted by molar-refractivity contribution is -0.151. The summed E-state index contributed by atoms with van der Waals surface area (Å²) in [6.45, 7) is 2.67. The van der Waals surface area contributed by atoms with Crippen LogP contribution in [-0.4, -0.2) is 59.2 Å². The molecule has 0 saturated carbocycles. The van der Waals surface area contributed by atoms with E-state index < -0.39 is 5.97 Å². The summed E-state index contributed by atoms with van der Waals surface area (Å²) in [4.78, 5) is 37.8. The number of esters is 2. The highest BCUT2D eigenvalue weighted by Gasteiger charge is 2.28. The van der Waals surface area contributed by atoms with Crippen molar-refractivity contribution in [2.75, 3.05) is 26.3 Å². The Morgan fingerprint density at radius 3 is 2.54 bits per heavy atom. The quantitative estimate of drug-likeness (QED) is 0.764. The standard InChI is InChI=1S/C20H23N3O5/c1-2-27-19(25)15-8-10-23(11-9-15)18(24)13-28-20(26)17-12-16(21-22-17)14-6-4-3-5-7-14/h3-7,12,15H,2,8-11,13H2,1H3,(H,21,22). The normalized spacial score (nSPS) is 14.5. The number of rotatable bonds is 6. The van der Waals surface area contributed by atoms with Gasteiger partial charge in [-0.15, -0.1) is 0 Å². The van der Waals surface area contributed by atoms with Crippen molar-refractivity contribution in [3.8, 4) is 11.3 Å². The number of H-pyrrole nitrogens is 1. The zero-order valence-corrected chi connectivity index (χ0v) is 15.7. The number of carbonyl (C=O) groups excluding carboxylic acids is 3. The number of hydrogen-bond acceptors (Lipinski definition) is 6. The summed E-state index contributed by atoms with van der Waals surface area (Å²) in [5.74, 6) is -1.30. The topological polar surface area (TPSA) is 102 Å². The highest BCUT2D eigenvalue weighted by atomic mass is 16.5. The van der Waals surface area contributed by atoms with Crippen LogP contribution in [0.2, 0.25) is 0 Å². The Morgan fingerprint density at radius 1 is 1.14 bits per heavy atom. The molecular formula is C20H23N3O5. The zero-order chi connectivity index (χ0) is 19.9. The summed E-state index contributed by atoms with van der Waals surface area (Å²) in [6, 6.07) is 11.0. The van der Waals surface area contributed by atoms with Gasteiger partial charge in [-0.3, -0.25) is 14.7 Å². The van der Waals surface area contributed by atoms with Crippen molar-refractivity contribution in [3.05, 3.63) is 42.1 Å². The Kier molecular flexibility index (Phi) is 6.41. The Morgan fingerprint density at radius 2 is 1.86 bits per heavy atom. The summed E-state index contributed by atoms with van der Waals surface area (Å²) in [5.41, 5.74) is 1.69. The van der Waals surface area contributed by atoms with Gasteiger partial charge in [0.2, 0.25) is 0 Å². The van der Waals surface area contributed by atoms with Gasteiger partial charge in [-0.2, -0.15) is 5.10 Å². The van der Waals surface area contributed by atoms with Crippen LogP contribution >= 0.6 is 0 Å². The van der Waals surface area contributed by atoms with E-state index in [1.807, 2.05) is 30.3 Å². The van der Waals surface area contributed by atoms with Crippen molar-refractivity contribution in [1.29, 1.82) is 0 Å². The van der Waals surface area contributed by atoms with E-state index in [9.17, 15) is 14.4 Å². The number of aromatic amines is 1. The third-order valence-electron chi connectivity index (χ3n) is 4.66. The predicted octanol–water partition coefficient (Wildman–Crippen LogP) is 2.04. The fourth-order valence-corrected chi connectivity index (χ4v) is 3.10. The number of carbonyl (C=O) groups is 3. The number of aromatic nitrogens is 2. The number of amides is 1. The lowest BCUT2D eigenvalue weighted by Gasteiger charge is -2.30. The molecule has 28 heavy (non-hydrogen) atoms. The van der Waals surface area contributed by atoms with E-state index in [1.165, 1.54) is 0 Å². The number of hydrogen-bond donors (Lipinski definition) is 1. The largest absolute Gasteiger partial charge is 0.466 e. The van der Waals surface area contributed by atoms with Crippen molar-refractivity contribution in [3.63, 3.8) is 0 Å². The molecule has 1 aromatic heterocycles. The molecule has 8 heteroatoms. The van der Waals surface area contributed by atoms with Crippen LogP contribution < -0.4 is 0 Å². The number of nitrogens with zero attached hydrogens (tertiary/aromatic N) is 2. The van der Waals surface area contributed by atoms with Crippen LogP contribution in [0.3, 0.4) is 0 Å². The Balaban J connectivity index is 1.47. The third-order valence-corrected chi connectivity index (χ3v) is 4.66. The maximum Gasteiger partial charge on any atom is 0.356 e. The van der Waals surface area contributed by atoms with E-state index >= 15 is 0 Å². The molecule has 1 aliphatic rings. The summed E-state index contributed by atoms with van der Waals surface area (Å²) in [7, 11) is 0. The van der Waals surface area contributed by atoms with E-state index in [0.717, 1.165) is 5.56 Å². The van der Waals surface area contributed by atoms with Crippen LogP contribution in [0.25, 0.3) is 11.3 Å². The van der Waals surface area contributed by atoms with Crippen molar-refractivity contribution < 1.29 is 23.9 Å². The summed E-state index contributed by atoms with van der Waals surface area (Å²) in [6.07, 6.45) is 1.11. The minimum atomic E-state index is -0.635. The van der Waals surface area contributed by atoms with Crippen LogP contribution in [0, 0.1) is 5.92 Å². The maximum atomic E-state index is 12.3. The first-order valence-electron chi connectivity index (χ1n) is 9.31. The average molecular weight is 385 g/mol. The van der Waals surface area contributed by atoms with E-state index in [1.54, 1.807) is 17.9 Å². The Hall–Kier alpha value is -3.16. The SMILES string of the molecule is CCOC(=O)C1CCN(C(=O)COC(=O)c2cc(-c3ccccc3)n[nH]2)CC1. The lowest BCUT2D eigenvalue weighted by Crippen LogP contribution is -2.42. The van der Waals surface area contributed by atoms with E-state index in [4.69, 9.17) is 9.47 Å².